The van der Waals surface area contributed by atoms with Gasteiger partial charge in [0.15, 0.2) is 0 Å². The summed E-state index contributed by atoms with van der Waals surface area (Å²) < 4.78 is 7.15. The molecule has 0 aliphatic heterocycles. The van der Waals surface area contributed by atoms with Crippen molar-refractivity contribution in [2.24, 2.45) is 0 Å². The number of aryl methyl sites for hydroxylation is 2. The topological polar surface area (TPSA) is 69.0 Å². The van der Waals surface area contributed by atoms with E-state index in [0.29, 0.717) is 12.2 Å². The number of methoxy groups -OCH3 is 1. The number of carbonyl (C=O) groups is 1. The van der Waals surface area contributed by atoms with Gasteiger partial charge in [-0.05, 0) is 49.2 Å². The van der Waals surface area contributed by atoms with Gasteiger partial charge >= 0.3 is 0 Å². The first-order chi connectivity index (χ1) is 13.1. The lowest BCUT2D eigenvalue weighted by atomic mass is 10.2. The first-order valence-corrected chi connectivity index (χ1v) is 8.96. The van der Waals surface area contributed by atoms with Crippen LogP contribution in [-0.4, -0.2) is 27.6 Å². The zero-order valence-corrected chi connectivity index (χ0v) is 16.5. The lowest BCUT2D eigenvalue weighted by Gasteiger charge is -2.10. The fourth-order valence-corrected chi connectivity index (χ4v) is 2.63. The number of imidazole rings is 1. The maximum atomic E-state index is 12.4. The van der Waals surface area contributed by atoms with E-state index < -0.39 is 0 Å². The predicted octanol–water partition coefficient (Wildman–Crippen LogP) is 3.85. The minimum absolute atomic E-state index is 0.211. The summed E-state index contributed by atoms with van der Waals surface area (Å²) in [5.41, 5.74) is 3.34. The molecule has 1 aromatic carbocycles. The molecule has 0 saturated heterocycles. The summed E-state index contributed by atoms with van der Waals surface area (Å²) in [6.07, 6.45) is 5.18. The minimum Gasteiger partial charge on any atom is -0.497 e. The van der Waals surface area contributed by atoms with Crippen molar-refractivity contribution in [3.05, 3.63) is 71.6 Å². The highest BCUT2D eigenvalue weighted by Gasteiger charge is 2.14. The number of nitrogens with one attached hydrogen (secondary N) is 1. The molecule has 2 aromatic heterocycles. The molecule has 0 saturated carbocycles. The molecule has 27 heavy (non-hydrogen) atoms. The van der Waals surface area contributed by atoms with Gasteiger partial charge in [0.1, 0.15) is 17.3 Å². The molecule has 0 unspecified atom stereocenters. The van der Waals surface area contributed by atoms with Gasteiger partial charge in [-0.2, -0.15) is 0 Å². The lowest BCUT2D eigenvalue weighted by Crippen LogP contribution is -2.23. The van der Waals surface area contributed by atoms with Crippen LogP contribution in [0.2, 0.25) is 0 Å². The maximum absolute atomic E-state index is 12.4. The molecule has 6 nitrogen and oxygen atoms in total. The Labute approximate surface area is 160 Å². The molecule has 0 aliphatic carbocycles. The minimum atomic E-state index is -0.211. The SMILES string of the molecule is CC.COc1ccc(-n2cc(C(=O)NCc3cccnc3)nc2C)c(C)c1. The van der Waals surface area contributed by atoms with Crippen molar-refractivity contribution in [2.75, 3.05) is 7.11 Å². The van der Waals surface area contributed by atoms with Crippen LogP contribution < -0.4 is 10.1 Å². The van der Waals surface area contributed by atoms with E-state index in [4.69, 9.17) is 4.74 Å². The van der Waals surface area contributed by atoms with E-state index in [1.54, 1.807) is 25.7 Å². The summed E-state index contributed by atoms with van der Waals surface area (Å²) in [5.74, 6) is 1.34. The van der Waals surface area contributed by atoms with Crippen molar-refractivity contribution >= 4 is 5.91 Å². The Balaban J connectivity index is 0.00000126. The third-order valence-corrected chi connectivity index (χ3v) is 3.95. The summed E-state index contributed by atoms with van der Waals surface area (Å²) >= 11 is 0. The molecule has 0 fully saturated rings. The van der Waals surface area contributed by atoms with Gasteiger partial charge in [0.05, 0.1) is 7.11 Å². The summed E-state index contributed by atoms with van der Waals surface area (Å²) in [6.45, 7) is 8.29. The number of amides is 1. The third kappa shape index (κ3) is 4.94. The van der Waals surface area contributed by atoms with Gasteiger partial charge in [0, 0.05) is 30.8 Å². The van der Waals surface area contributed by atoms with Crippen LogP contribution in [0.25, 0.3) is 5.69 Å². The number of aromatic nitrogens is 3. The Morgan fingerprint density at radius 2 is 2.00 bits per heavy atom. The Bertz CT molecular complexity index is 888. The first kappa shape index (κ1) is 20.2. The van der Waals surface area contributed by atoms with Crippen molar-refractivity contribution in [1.29, 1.82) is 0 Å². The smallest absolute Gasteiger partial charge is 0.271 e. The fourth-order valence-electron chi connectivity index (χ4n) is 2.63. The second kappa shape index (κ2) is 9.52. The highest BCUT2D eigenvalue weighted by molar-refractivity contribution is 5.92. The van der Waals surface area contributed by atoms with E-state index in [-0.39, 0.29) is 5.91 Å². The van der Waals surface area contributed by atoms with E-state index >= 15 is 0 Å². The molecule has 1 amide bonds. The summed E-state index contributed by atoms with van der Waals surface area (Å²) in [4.78, 5) is 20.8. The van der Waals surface area contributed by atoms with Crippen LogP contribution in [0.1, 0.15) is 41.3 Å². The number of ether oxygens (including phenoxy) is 1. The van der Waals surface area contributed by atoms with Gasteiger partial charge in [0.2, 0.25) is 0 Å². The van der Waals surface area contributed by atoms with Crippen molar-refractivity contribution in [3.8, 4) is 11.4 Å². The van der Waals surface area contributed by atoms with Gasteiger partial charge in [-0.15, -0.1) is 0 Å². The number of hydrogen-bond donors (Lipinski definition) is 1. The molecule has 142 valence electrons. The highest BCUT2D eigenvalue weighted by atomic mass is 16.5. The van der Waals surface area contributed by atoms with E-state index in [9.17, 15) is 4.79 Å². The number of carbonyl (C=O) groups excluding carboxylic acids is 1. The fraction of sp³-hybridized carbons (Fsp3) is 0.286. The van der Waals surface area contributed by atoms with Gasteiger partial charge in [-0.25, -0.2) is 4.98 Å². The highest BCUT2D eigenvalue weighted by Crippen LogP contribution is 2.22. The van der Waals surface area contributed by atoms with Crippen LogP contribution in [0.3, 0.4) is 0 Å². The zero-order chi connectivity index (χ0) is 19.8. The molecule has 3 aromatic rings. The van der Waals surface area contributed by atoms with Crippen molar-refractivity contribution in [3.63, 3.8) is 0 Å². The average Bonchev–Trinajstić information content (AvgIpc) is 3.10. The van der Waals surface area contributed by atoms with E-state index in [2.05, 4.69) is 15.3 Å². The lowest BCUT2D eigenvalue weighted by molar-refractivity contribution is 0.0946. The van der Waals surface area contributed by atoms with Crippen LogP contribution in [0.4, 0.5) is 0 Å². The van der Waals surface area contributed by atoms with Crippen molar-refractivity contribution < 1.29 is 9.53 Å². The summed E-state index contributed by atoms with van der Waals surface area (Å²) in [7, 11) is 1.64. The van der Waals surface area contributed by atoms with Gasteiger partial charge in [-0.3, -0.25) is 9.78 Å². The average molecular weight is 366 g/mol. The third-order valence-electron chi connectivity index (χ3n) is 3.95. The molecular formula is C21H26N4O2. The van der Waals surface area contributed by atoms with Crippen LogP contribution in [0.5, 0.6) is 5.75 Å². The van der Waals surface area contributed by atoms with E-state index in [1.165, 1.54) is 0 Å². The van der Waals surface area contributed by atoms with Crippen LogP contribution in [0.15, 0.2) is 48.9 Å². The number of pyridine rings is 1. The van der Waals surface area contributed by atoms with E-state index in [1.807, 2.05) is 62.6 Å². The Hall–Kier alpha value is -3.15. The van der Waals surface area contributed by atoms with Crippen molar-refractivity contribution in [1.82, 2.24) is 19.9 Å². The van der Waals surface area contributed by atoms with Gasteiger partial charge < -0.3 is 14.6 Å². The Kier molecular flexibility index (Phi) is 7.11. The van der Waals surface area contributed by atoms with Crippen molar-refractivity contribution in [2.45, 2.75) is 34.2 Å². The molecule has 0 bridgehead atoms. The predicted molar refractivity (Wildman–Crippen MR) is 106 cm³/mol. The Morgan fingerprint density at radius 3 is 2.63 bits per heavy atom. The second-order valence-electron chi connectivity index (χ2n) is 5.74. The van der Waals surface area contributed by atoms with Crippen LogP contribution in [-0.2, 0) is 6.54 Å². The number of benzene rings is 1. The van der Waals surface area contributed by atoms with E-state index in [0.717, 1.165) is 28.4 Å². The second-order valence-corrected chi connectivity index (χ2v) is 5.74. The molecule has 1 N–H and O–H groups in total. The molecule has 3 rings (SSSR count). The molecule has 2 heterocycles. The van der Waals surface area contributed by atoms with Gasteiger partial charge in [-0.1, -0.05) is 19.9 Å². The number of rotatable bonds is 5. The van der Waals surface area contributed by atoms with Crippen LogP contribution >= 0.6 is 0 Å². The van der Waals surface area contributed by atoms with Crippen LogP contribution in [0, 0.1) is 13.8 Å². The summed E-state index contributed by atoms with van der Waals surface area (Å²) in [6, 6.07) is 9.56. The normalized spacial score (nSPS) is 9.96. The molecule has 0 radical (unpaired) electrons. The molecular weight excluding hydrogens is 340 g/mol. The maximum Gasteiger partial charge on any atom is 0.271 e. The molecule has 0 aliphatic rings. The standard InChI is InChI=1S/C19H20N4O2.C2H6/c1-13-9-16(25-3)6-7-18(13)23-12-17(22-14(23)2)19(24)21-11-15-5-4-8-20-10-15;1-2/h4-10,12H,11H2,1-3H3,(H,21,24);1-2H3. The monoisotopic (exact) mass is 366 g/mol. The largest absolute Gasteiger partial charge is 0.497 e. The molecule has 6 heteroatoms. The molecule has 0 spiro atoms. The Morgan fingerprint density at radius 1 is 1.22 bits per heavy atom. The number of hydrogen-bond acceptors (Lipinski definition) is 4. The molecule has 0 atom stereocenters. The number of nitrogens with zero attached hydrogens (tertiary/aromatic N) is 3. The zero-order valence-electron chi connectivity index (χ0n) is 16.5. The quantitative estimate of drug-likeness (QED) is 0.745. The summed E-state index contributed by atoms with van der Waals surface area (Å²) in [5, 5.41) is 2.87. The van der Waals surface area contributed by atoms with Gasteiger partial charge in [0.25, 0.3) is 5.91 Å². The first-order valence-electron chi connectivity index (χ1n) is 8.96.